The van der Waals surface area contributed by atoms with Crippen LogP contribution in [0.2, 0.25) is 0 Å². The molecular formula is C12H15N3O2. The SMILES string of the molecule is COc1ccc(-c2[nH]ncc2CN)c(OC)c1. The number of aromatic amines is 1. The van der Waals surface area contributed by atoms with Crippen molar-refractivity contribution in [3.8, 4) is 22.8 Å². The molecule has 0 radical (unpaired) electrons. The summed E-state index contributed by atoms with van der Waals surface area (Å²) in [4.78, 5) is 0. The van der Waals surface area contributed by atoms with Gasteiger partial charge >= 0.3 is 0 Å². The van der Waals surface area contributed by atoms with Crippen molar-refractivity contribution >= 4 is 0 Å². The van der Waals surface area contributed by atoms with Crippen molar-refractivity contribution in [3.63, 3.8) is 0 Å². The predicted molar refractivity (Wildman–Crippen MR) is 65.0 cm³/mol. The highest BCUT2D eigenvalue weighted by molar-refractivity contribution is 5.70. The number of methoxy groups -OCH3 is 2. The van der Waals surface area contributed by atoms with Crippen molar-refractivity contribution in [1.82, 2.24) is 10.2 Å². The van der Waals surface area contributed by atoms with E-state index in [2.05, 4.69) is 10.2 Å². The maximum atomic E-state index is 5.65. The summed E-state index contributed by atoms with van der Waals surface area (Å²) in [6.07, 6.45) is 1.72. The van der Waals surface area contributed by atoms with E-state index >= 15 is 0 Å². The summed E-state index contributed by atoms with van der Waals surface area (Å²) in [6, 6.07) is 5.62. The van der Waals surface area contributed by atoms with E-state index in [4.69, 9.17) is 15.2 Å². The van der Waals surface area contributed by atoms with Gasteiger partial charge < -0.3 is 15.2 Å². The van der Waals surface area contributed by atoms with Gasteiger partial charge in [-0.1, -0.05) is 0 Å². The number of nitrogens with zero attached hydrogens (tertiary/aromatic N) is 1. The smallest absolute Gasteiger partial charge is 0.131 e. The number of H-pyrrole nitrogens is 1. The van der Waals surface area contributed by atoms with Crippen molar-refractivity contribution in [2.75, 3.05) is 14.2 Å². The molecule has 1 heterocycles. The second-order valence-electron chi connectivity index (χ2n) is 3.54. The summed E-state index contributed by atoms with van der Waals surface area (Å²) in [5.74, 6) is 1.47. The van der Waals surface area contributed by atoms with Crippen LogP contribution in [0.4, 0.5) is 0 Å². The number of hydrogen-bond donors (Lipinski definition) is 2. The number of benzene rings is 1. The lowest BCUT2D eigenvalue weighted by Gasteiger charge is -2.10. The second-order valence-corrected chi connectivity index (χ2v) is 3.54. The molecule has 0 bridgehead atoms. The van der Waals surface area contributed by atoms with Crippen molar-refractivity contribution in [3.05, 3.63) is 30.0 Å². The topological polar surface area (TPSA) is 73.2 Å². The Kier molecular flexibility index (Phi) is 3.30. The fourth-order valence-corrected chi connectivity index (χ4v) is 1.70. The molecule has 1 aromatic carbocycles. The van der Waals surface area contributed by atoms with Gasteiger partial charge in [-0.15, -0.1) is 0 Å². The second kappa shape index (κ2) is 4.88. The zero-order valence-electron chi connectivity index (χ0n) is 9.86. The van der Waals surface area contributed by atoms with Gasteiger partial charge in [-0.25, -0.2) is 0 Å². The molecule has 0 atom stereocenters. The molecule has 2 rings (SSSR count). The molecule has 0 aliphatic carbocycles. The van der Waals surface area contributed by atoms with Crippen LogP contribution >= 0.6 is 0 Å². The minimum Gasteiger partial charge on any atom is -0.497 e. The van der Waals surface area contributed by atoms with Crippen molar-refractivity contribution < 1.29 is 9.47 Å². The Hall–Kier alpha value is -2.01. The van der Waals surface area contributed by atoms with Crippen LogP contribution in [0, 0.1) is 0 Å². The third kappa shape index (κ3) is 2.09. The van der Waals surface area contributed by atoms with Crippen LogP contribution in [0.15, 0.2) is 24.4 Å². The molecule has 5 nitrogen and oxygen atoms in total. The Bertz CT molecular complexity index is 508. The summed E-state index contributed by atoms with van der Waals surface area (Å²) < 4.78 is 10.5. The van der Waals surface area contributed by atoms with E-state index in [0.29, 0.717) is 6.54 Å². The lowest BCUT2D eigenvalue weighted by Crippen LogP contribution is -1.98. The molecule has 0 saturated heterocycles. The molecular weight excluding hydrogens is 218 g/mol. The van der Waals surface area contributed by atoms with Crippen molar-refractivity contribution in [2.45, 2.75) is 6.54 Å². The molecule has 0 aliphatic rings. The molecule has 0 amide bonds. The van der Waals surface area contributed by atoms with Crippen LogP contribution in [0.25, 0.3) is 11.3 Å². The summed E-state index contributed by atoms with van der Waals surface area (Å²) in [6.45, 7) is 0.432. The Labute approximate surface area is 99.5 Å². The number of hydrogen-bond acceptors (Lipinski definition) is 4. The predicted octanol–water partition coefficient (Wildman–Crippen LogP) is 1.55. The van der Waals surface area contributed by atoms with Crippen LogP contribution in [0.3, 0.4) is 0 Å². The Morgan fingerprint density at radius 2 is 2.12 bits per heavy atom. The highest BCUT2D eigenvalue weighted by atomic mass is 16.5. The normalized spacial score (nSPS) is 10.3. The summed E-state index contributed by atoms with van der Waals surface area (Å²) in [7, 11) is 3.24. The van der Waals surface area contributed by atoms with Crippen LogP contribution in [-0.4, -0.2) is 24.4 Å². The summed E-state index contributed by atoms with van der Waals surface area (Å²) in [5, 5.41) is 6.93. The fraction of sp³-hybridized carbons (Fsp3) is 0.250. The number of nitrogens with one attached hydrogen (secondary N) is 1. The average molecular weight is 233 g/mol. The zero-order valence-corrected chi connectivity index (χ0v) is 9.86. The first-order chi connectivity index (χ1) is 8.30. The van der Waals surface area contributed by atoms with Crippen LogP contribution in [0.1, 0.15) is 5.56 Å². The lowest BCUT2D eigenvalue weighted by atomic mass is 10.1. The highest BCUT2D eigenvalue weighted by Gasteiger charge is 2.12. The van der Waals surface area contributed by atoms with Gasteiger partial charge in [-0.2, -0.15) is 5.10 Å². The van der Waals surface area contributed by atoms with Crippen LogP contribution in [0.5, 0.6) is 11.5 Å². The summed E-state index contributed by atoms with van der Waals surface area (Å²) >= 11 is 0. The largest absolute Gasteiger partial charge is 0.497 e. The first kappa shape index (κ1) is 11.5. The Morgan fingerprint density at radius 1 is 1.29 bits per heavy atom. The molecule has 0 fully saturated rings. The molecule has 90 valence electrons. The number of ether oxygens (including phenoxy) is 2. The fourth-order valence-electron chi connectivity index (χ4n) is 1.70. The third-order valence-corrected chi connectivity index (χ3v) is 2.62. The molecule has 0 spiro atoms. The van der Waals surface area contributed by atoms with E-state index in [1.807, 2.05) is 18.2 Å². The Balaban J connectivity index is 2.51. The van der Waals surface area contributed by atoms with Gasteiger partial charge in [0.15, 0.2) is 0 Å². The van der Waals surface area contributed by atoms with Gasteiger partial charge in [0, 0.05) is 23.7 Å². The zero-order chi connectivity index (χ0) is 12.3. The quantitative estimate of drug-likeness (QED) is 0.840. The molecule has 2 aromatic rings. The summed E-state index contributed by atoms with van der Waals surface area (Å²) in [5.41, 5.74) is 8.41. The average Bonchev–Trinajstić information content (AvgIpc) is 2.85. The molecule has 0 unspecified atom stereocenters. The third-order valence-electron chi connectivity index (χ3n) is 2.62. The molecule has 5 heteroatoms. The van der Waals surface area contributed by atoms with E-state index < -0.39 is 0 Å². The van der Waals surface area contributed by atoms with Crippen LogP contribution in [-0.2, 0) is 6.54 Å². The number of rotatable bonds is 4. The molecule has 1 aromatic heterocycles. The monoisotopic (exact) mass is 233 g/mol. The van der Waals surface area contributed by atoms with E-state index in [0.717, 1.165) is 28.3 Å². The highest BCUT2D eigenvalue weighted by Crippen LogP contribution is 2.33. The van der Waals surface area contributed by atoms with Crippen molar-refractivity contribution in [1.29, 1.82) is 0 Å². The van der Waals surface area contributed by atoms with Gasteiger partial charge in [-0.3, -0.25) is 5.10 Å². The number of aromatic nitrogens is 2. The maximum Gasteiger partial charge on any atom is 0.131 e. The van der Waals surface area contributed by atoms with Gasteiger partial charge in [0.1, 0.15) is 11.5 Å². The van der Waals surface area contributed by atoms with E-state index in [9.17, 15) is 0 Å². The molecule has 3 N–H and O–H groups in total. The van der Waals surface area contributed by atoms with Crippen molar-refractivity contribution in [2.24, 2.45) is 5.73 Å². The standard InChI is InChI=1S/C12H15N3O2/c1-16-9-3-4-10(11(5-9)17-2)12-8(6-13)7-14-15-12/h3-5,7H,6,13H2,1-2H3,(H,14,15). The molecule has 0 aliphatic heterocycles. The van der Waals surface area contributed by atoms with Gasteiger partial charge in [0.2, 0.25) is 0 Å². The Morgan fingerprint density at radius 3 is 2.76 bits per heavy atom. The van der Waals surface area contributed by atoms with Gasteiger partial charge in [0.05, 0.1) is 26.1 Å². The van der Waals surface area contributed by atoms with Crippen LogP contribution < -0.4 is 15.2 Å². The van der Waals surface area contributed by atoms with E-state index in [1.165, 1.54) is 0 Å². The first-order valence-corrected chi connectivity index (χ1v) is 5.25. The lowest BCUT2D eigenvalue weighted by molar-refractivity contribution is 0.395. The van der Waals surface area contributed by atoms with E-state index in [1.54, 1.807) is 20.4 Å². The van der Waals surface area contributed by atoms with Gasteiger partial charge in [-0.05, 0) is 12.1 Å². The molecule has 0 saturated carbocycles. The minimum absolute atomic E-state index is 0.432. The van der Waals surface area contributed by atoms with Gasteiger partial charge in [0.25, 0.3) is 0 Å². The minimum atomic E-state index is 0.432. The number of nitrogens with two attached hydrogens (primary N) is 1. The van der Waals surface area contributed by atoms with E-state index in [-0.39, 0.29) is 0 Å². The maximum absolute atomic E-state index is 5.65. The first-order valence-electron chi connectivity index (χ1n) is 5.25. The molecule has 17 heavy (non-hydrogen) atoms.